The highest BCUT2D eigenvalue weighted by Gasteiger charge is 2.37. The molecule has 1 aromatic rings. The van der Waals surface area contributed by atoms with Gasteiger partial charge in [0.1, 0.15) is 0 Å². The Kier molecular flexibility index (Phi) is 4.62. The number of amides is 3. The van der Waals surface area contributed by atoms with E-state index in [1.54, 1.807) is 19.9 Å². The van der Waals surface area contributed by atoms with Crippen molar-refractivity contribution in [3.8, 4) is 0 Å². The van der Waals surface area contributed by atoms with Crippen molar-refractivity contribution in [3.05, 3.63) is 34.9 Å². The van der Waals surface area contributed by atoms with Crippen LogP contribution in [0.15, 0.2) is 18.2 Å². The van der Waals surface area contributed by atoms with Crippen molar-refractivity contribution in [2.75, 3.05) is 19.7 Å². The van der Waals surface area contributed by atoms with Crippen LogP contribution in [0.2, 0.25) is 0 Å². The predicted molar refractivity (Wildman–Crippen MR) is 91.4 cm³/mol. The van der Waals surface area contributed by atoms with Gasteiger partial charge in [0.25, 0.3) is 17.7 Å². The second kappa shape index (κ2) is 6.57. The summed E-state index contributed by atoms with van der Waals surface area (Å²) in [7, 11) is 0. The molecule has 7 heteroatoms. The fourth-order valence-corrected chi connectivity index (χ4v) is 3.00. The van der Waals surface area contributed by atoms with Gasteiger partial charge in [-0.15, -0.1) is 0 Å². The maximum atomic E-state index is 12.6. The Balaban J connectivity index is 1.75. The summed E-state index contributed by atoms with van der Waals surface area (Å²) in [5, 5.41) is 2.73. The lowest BCUT2D eigenvalue weighted by Gasteiger charge is -2.19. The molecule has 3 N–H and O–H groups in total. The third-order valence-corrected chi connectivity index (χ3v) is 4.35. The molecule has 0 radical (unpaired) electrons. The molecule has 1 aromatic carbocycles. The molecule has 134 valence electrons. The molecule has 0 saturated carbocycles. The molecule has 2 aliphatic heterocycles. The number of hydrogen-bond donors (Lipinski definition) is 2. The standard InChI is InChI=1S/C18H23N3O4/c1-18(2,19)10-20-15(22)11-5-6-13-14(8-11)17(24)21(16(13)23)9-12-4-3-7-25-12/h5-6,8,12H,3-4,7,9-10,19H2,1-2H3,(H,20,22). The summed E-state index contributed by atoms with van der Waals surface area (Å²) in [6.45, 7) is 4.84. The minimum absolute atomic E-state index is 0.100. The number of imide groups is 1. The molecule has 3 amide bonds. The van der Waals surface area contributed by atoms with E-state index in [0.29, 0.717) is 24.3 Å². The summed E-state index contributed by atoms with van der Waals surface area (Å²) >= 11 is 0. The van der Waals surface area contributed by atoms with Crippen molar-refractivity contribution in [1.29, 1.82) is 0 Å². The average Bonchev–Trinajstić information content (AvgIpc) is 3.15. The highest BCUT2D eigenvalue weighted by Crippen LogP contribution is 2.26. The molecule has 1 atom stereocenters. The van der Waals surface area contributed by atoms with Crippen LogP contribution in [0.4, 0.5) is 0 Å². The van der Waals surface area contributed by atoms with E-state index in [0.717, 1.165) is 12.8 Å². The van der Waals surface area contributed by atoms with Crippen LogP contribution in [0.25, 0.3) is 0 Å². The first-order valence-corrected chi connectivity index (χ1v) is 8.45. The van der Waals surface area contributed by atoms with E-state index in [1.807, 2.05) is 0 Å². The second-order valence-corrected chi connectivity index (χ2v) is 7.29. The fourth-order valence-electron chi connectivity index (χ4n) is 3.00. The Hall–Kier alpha value is -2.25. The van der Waals surface area contributed by atoms with Gasteiger partial charge in [-0.25, -0.2) is 0 Å². The molecule has 2 aliphatic rings. The third kappa shape index (κ3) is 3.72. The number of carbonyl (C=O) groups is 3. The van der Waals surface area contributed by atoms with E-state index in [1.165, 1.54) is 17.0 Å². The largest absolute Gasteiger partial charge is 0.376 e. The summed E-state index contributed by atoms with van der Waals surface area (Å²) < 4.78 is 5.51. The number of ether oxygens (including phenoxy) is 1. The first kappa shape index (κ1) is 17.6. The molecule has 2 heterocycles. The maximum Gasteiger partial charge on any atom is 0.261 e. The van der Waals surface area contributed by atoms with E-state index >= 15 is 0 Å². The van der Waals surface area contributed by atoms with E-state index < -0.39 is 5.54 Å². The van der Waals surface area contributed by atoms with Gasteiger partial charge in [0, 0.05) is 24.3 Å². The number of fused-ring (bicyclic) bond motifs is 1. The quantitative estimate of drug-likeness (QED) is 0.773. The van der Waals surface area contributed by atoms with Gasteiger partial charge >= 0.3 is 0 Å². The number of nitrogens with two attached hydrogens (primary N) is 1. The van der Waals surface area contributed by atoms with Crippen LogP contribution in [-0.4, -0.2) is 54.0 Å². The molecule has 1 unspecified atom stereocenters. The van der Waals surface area contributed by atoms with Crippen molar-refractivity contribution < 1.29 is 19.1 Å². The van der Waals surface area contributed by atoms with Crippen LogP contribution < -0.4 is 11.1 Å². The number of nitrogens with zero attached hydrogens (tertiary/aromatic N) is 1. The molecule has 0 aliphatic carbocycles. The first-order chi connectivity index (χ1) is 11.8. The molecular weight excluding hydrogens is 322 g/mol. The van der Waals surface area contributed by atoms with Gasteiger partial charge in [-0.3, -0.25) is 19.3 Å². The summed E-state index contributed by atoms with van der Waals surface area (Å²) in [5.41, 5.74) is 6.26. The summed E-state index contributed by atoms with van der Waals surface area (Å²) in [6, 6.07) is 4.57. The van der Waals surface area contributed by atoms with Crippen LogP contribution in [0.1, 0.15) is 57.8 Å². The first-order valence-electron chi connectivity index (χ1n) is 8.45. The molecule has 1 fully saturated rings. The molecule has 3 rings (SSSR count). The zero-order chi connectivity index (χ0) is 18.2. The average molecular weight is 345 g/mol. The zero-order valence-electron chi connectivity index (χ0n) is 14.5. The molecule has 25 heavy (non-hydrogen) atoms. The number of carbonyl (C=O) groups excluding carboxylic acids is 3. The van der Waals surface area contributed by atoms with E-state index in [2.05, 4.69) is 5.32 Å². The Morgan fingerprint density at radius 2 is 2.04 bits per heavy atom. The zero-order valence-corrected chi connectivity index (χ0v) is 14.5. The Bertz CT molecular complexity index is 718. The molecular formula is C18H23N3O4. The molecule has 1 saturated heterocycles. The topological polar surface area (TPSA) is 102 Å². The summed E-state index contributed by atoms with van der Waals surface area (Å²) in [5.74, 6) is -1.02. The molecule has 0 aromatic heterocycles. The minimum atomic E-state index is -0.531. The molecule has 7 nitrogen and oxygen atoms in total. The highest BCUT2D eigenvalue weighted by molar-refractivity contribution is 6.22. The molecule has 0 spiro atoms. The lowest BCUT2D eigenvalue weighted by molar-refractivity contribution is 0.0475. The van der Waals surface area contributed by atoms with Gasteiger partial charge in [0.05, 0.1) is 23.8 Å². The lowest BCUT2D eigenvalue weighted by atomic mass is 10.0. The van der Waals surface area contributed by atoms with Crippen molar-refractivity contribution in [2.24, 2.45) is 5.73 Å². The monoisotopic (exact) mass is 345 g/mol. The number of rotatable bonds is 5. The Labute approximate surface area is 146 Å². The number of nitrogens with one attached hydrogen (secondary N) is 1. The van der Waals surface area contributed by atoms with Crippen molar-refractivity contribution in [2.45, 2.75) is 38.3 Å². The van der Waals surface area contributed by atoms with Crippen LogP contribution in [0, 0.1) is 0 Å². The second-order valence-electron chi connectivity index (χ2n) is 7.29. The minimum Gasteiger partial charge on any atom is -0.376 e. The van der Waals surface area contributed by atoms with Crippen LogP contribution in [-0.2, 0) is 4.74 Å². The van der Waals surface area contributed by atoms with E-state index in [4.69, 9.17) is 10.5 Å². The van der Waals surface area contributed by atoms with Gasteiger partial charge in [-0.05, 0) is 44.9 Å². The van der Waals surface area contributed by atoms with Gasteiger partial charge in [-0.2, -0.15) is 0 Å². The lowest BCUT2D eigenvalue weighted by Crippen LogP contribution is -2.45. The normalized spacial score (nSPS) is 20.1. The highest BCUT2D eigenvalue weighted by atomic mass is 16.5. The number of hydrogen-bond acceptors (Lipinski definition) is 5. The van der Waals surface area contributed by atoms with Crippen molar-refractivity contribution >= 4 is 17.7 Å². The van der Waals surface area contributed by atoms with E-state index in [9.17, 15) is 14.4 Å². The summed E-state index contributed by atoms with van der Waals surface area (Å²) in [4.78, 5) is 38.5. The summed E-state index contributed by atoms with van der Waals surface area (Å²) in [6.07, 6.45) is 1.68. The van der Waals surface area contributed by atoms with Gasteiger partial charge in [0.2, 0.25) is 0 Å². The van der Waals surface area contributed by atoms with Gasteiger partial charge < -0.3 is 15.8 Å². The molecule has 0 bridgehead atoms. The third-order valence-electron chi connectivity index (χ3n) is 4.35. The van der Waals surface area contributed by atoms with E-state index in [-0.39, 0.29) is 35.9 Å². The fraction of sp³-hybridized carbons (Fsp3) is 0.500. The van der Waals surface area contributed by atoms with Crippen molar-refractivity contribution in [3.63, 3.8) is 0 Å². The van der Waals surface area contributed by atoms with Gasteiger partial charge in [0.15, 0.2) is 0 Å². The SMILES string of the molecule is CC(C)(N)CNC(=O)c1ccc2c(c1)C(=O)N(CC1CCCO1)C2=O. The number of benzene rings is 1. The smallest absolute Gasteiger partial charge is 0.261 e. The Morgan fingerprint density at radius 3 is 2.68 bits per heavy atom. The Morgan fingerprint density at radius 1 is 1.32 bits per heavy atom. The van der Waals surface area contributed by atoms with Crippen LogP contribution in [0.5, 0.6) is 0 Å². The van der Waals surface area contributed by atoms with Gasteiger partial charge in [-0.1, -0.05) is 0 Å². The van der Waals surface area contributed by atoms with Crippen molar-refractivity contribution in [1.82, 2.24) is 10.2 Å². The van der Waals surface area contributed by atoms with Crippen LogP contribution >= 0.6 is 0 Å². The maximum absolute atomic E-state index is 12.6. The van der Waals surface area contributed by atoms with Crippen LogP contribution in [0.3, 0.4) is 0 Å². The predicted octanol–water partition coefficient (Wildman–Crippen LogP) is 0.929.